The molecule has 0 spiro atoms. The summed E-state index contributed by atoms with van der Waals surface area (Å²) in [5, 5.41) is 4.16. The van der Waals surface area contributed by atoms with Gasteiger partial charge in [0.2, 0.25) is 10.0 Å². The zero-order chi connectivity index (χ0) is 18.0. The Labute approximate surface area is 146 Å². The van der Waals surface area contributed by atoms with Crippen LogP contribution >= 0.6 is 0 Å². The topological polar surface area (TPSA) is 94.7 Å². The monoisotopic (exact) mass is 360 g/mol. The molecule has 3 aromatic rings. The van der Waals surface area contributed by atoms with Crippen LogP contribution in [-0.2, 0) is 23.6 Å². The van der Waals surface area contributed by atoms with Gasteiger partial charge in [0.15, 0.2) is 5.82 Å². The molecule has 9 heteroatoms. The Balaban J connectivity index is 1.73. The second-order valence-corrected chi connectivity index (χ2v) is 7.38. The van der Waals surface area contributed by atoms with Crippen molar-refractivity contribution in [1.29, 1.82) is 0 Å². The third-order valence-corrected chi connectivity index (χ3v) is 5.68. The van der Waals surface area contributed by atoms with Crippen molar-refractivity contribution >= 4 is 10.0 Å². The van der Waals surface area contributed by atoms with Crippen molar-refractivity contribution in [3.05, 3.63) is 48.2 Å². The second-order valence-electron chi connectivity index (χ2n) is 5.68. The third kappa shape index (κ3) is 3.47. The summed E-state index contributed by atoms with van der Waals surface area (Å²) >= 11 is 0. The Bertz CT molecular complexity index is 975. The summed E-state index contributed by atoms with van der Waals surface area (Å²) in [6.45, 7) is 4.12. The maximum Gasteiger partial charge on any atom is 0.244 e. The molecule has 8 nitrogen and oxygen atoms in total. The number of aromatic nitrogens is 5. The summed E-state index contributed by atoms with van der Waals surface area (Å²) in [6, 6.07) is 5.59. The number of imidazole rings is 1. The summed E-state index contributed by atoms with van der Waals surface area (Å²) in [7, 11) is -1.89. The molecule has 1 N–H and O–H groups in total. The zero-order valence-corrected chi connectivity index (χ0v) is 15.2. The fourth-order valence-electron chi connectivity index (χ4n) is 2.73. The van der Waals surface area contributed by atoms with Crippen LogP contribution in [0.2, 0.25) is 0 Å². The lowest BCUT2D eigenvalue weighted by Crippen LogP contribution is -2.28. The second kappa shape index (κ2) is 6.77. The first-order chi connectivity index (χ1) is 11.9. The molecule has 3 rings (SSSR count). The molecular weight excluding hydrogens is 340 g/mol. The lowest BCUT2D eigenvalue weighted by atomic mass is 10.3. The first kappa shape index (κ1) is 17.3. The van der Waals surface area contributed by atoms with Crippen molar-refractivity contribution < 1.29 is 8.42 Å². The van der Waals surface area contributed by atoms with E-state index in [4.69, 9.17) is 0 Å². The van der Waals surface area contributed by atoms with Crippen molar-refractivity contribution in [2.75, 3.05) is 6.54 Å². The van der Waals surface area contributed by atoms with Crippen LogP contribution in [0.1, 0.15) is 11.4 Å². The van der Waals surface area contributed by atoms with Crippen molar-refractivity contribution in [2.45, 2.75) is 25.3 Å². The molecule has 0 aliphatic rings. The van der Waals surface area contributed by atoms with Gasteiger partial charge in [0.25, 0.3) is 0 Å². The molecule has 0 atom stereocenters. The molecule has 0 aliphatic heterocycles. The Morgan fingerprint density at radius 3 is 2.60 bits per heavy atom. The summed E-state index contributed by atoms with van der Waals surface area (Å²) in [5.74, 6) is 0.702. The molecule has 0 saturated carbocycles. The van der Waals surface area contributed by atoms with E-state index in [9.17, 15) is 8.42 Å². The molecule has 25 heavy (non-hydrogen) atoms. The highest BCUT2D eigenvalue weighted by molar-refractivity contribution is 7.89. The van der Waals surface area contributed by atoms with E-state index < -0.39 is 10.0 Å². The van der Waals surface area contributed by atoms with E-state index in [1.54, 1.807) is 44.2 Å². The number of nitrogens with zero attached hydrogens (tertiary/aromatic N) is 5. The summed E-state index contributed by atoms with van der Waals surface area (Å²) in [6.07, 6.45) is 5.18. The smallest absolute Gasteiger partial charge is 0.244 e. The van der Waals surface area contributed by atoms with Gasteiger partial charge in [-0.3, -0.25) is 9.67 Å². The molecule has 0 unspecified atom stereocenters. The van der Waals surface area contributed by atoms with Crippen molar-refractivity contribution in [2.24, 2.45) is 7.05 Å². The van der Waals surface area contributed by atoms with Crippen LogP contribution in [0.4, 0.5) is 0 Å². The minimum Gasteiger partial charge on any atom is -0.328 e. The quantitative estimate of drug-likeness (QED) is 0.714. The fourth-order valence-corrected chi connectivity index (χ4v) is 4.19. The maximum atomic E-state index is 12.6. The maximum absolute atomic E-state index is 12.6. The van der Waals surface area contributed by atoms with Crippen LogP contribution in [0.5, 0.6) is 0 Å². The fraction of sp³-hybridized carbons (Fsp3) is 0.312. The molecule has 0 bridgehead atoms. The molecule has 0 saturated heterocycles. The summed E-state index contributed by atoms with van der Waals surface area (Å²) in [4.78, 5) is 8.82. The van der Waals surface area contributed by atoms with E-state index in [1.165, 1.54) is 0 Å². The Kier molecular flexibility index (Phi) is 4.69. The highest BCUT2D eigenvalue weighted by Gasteiger charge is 2.23. The molecule has 0 radical (unpaired) electrons. The first-order valence-electron chi connectivity index (χ1n) is 7.82. The SMILES string of the molecule is Cc1nn(C)c(C)c1S(=O)(=O)NCCn1ccnc1-c1ccccn1. The predicted molar refractivity (Wildman–Crippen MR) is 93.3 cm³/mol. The molecule has 0 aromatic carbocycles. The number of sulfonamides is 1. The Morgan fingerprint density at radius 1 is 1.16 bits per heavy atom. The van der Waals surface area contributed by atoms with Crippen molar-refractivity contribution in [3.63, 3.8) is 0 Å². The molecular formula is C16H20N6O2S. The van der Waals surface area contributed by atoms with Crippen LogP contribution in [-0.4, -0.2) is 39.3 Å². The lowest BCUT2D eigenvalue weighted by molar-refractivity contribution is 0.572. The number of hydrogen-bond donors (Lipinski definition) is 1. The van der Waals surface area contributed by atoms with E-state index >= 15 is 0 Å². The van der Waals surface area contributed by atoms with Gasteiger partial charge in [0, 0.05) is 38.7 Å². The van der Waals surface area contributed by atoms with Crippen molar-refractivity contribution in [3.8, 4) is 11.5 Å². The highest BCUT2D eigenvalue weighted by atomic mass is 32.2. The predicted octanol–water partition coefficient (Wildman–Crippen LogP) is 1.27. The molecule has 132 valence electrons. The minimum absolute atomic E-state index is 0.241. The van der Waals surface area contributed by atoms with Crippen molar-refractivity contribution in [1.82, 2.24) is 29.0 Å². The van der Waals surface area contributed by atoms with Gasteiger partial charge in [-0.15, -0.1) is 0 Å². The van der Waals surface area contributed by atoms with Gasteiger partial charge in [-0.25, -0.2) is 18.1 Å². The number of pyridine rings is 1. The van der Waals surface area contributed by atoms with E-state index in [2.05, 4.69) is 19.8 Å². The summed E-state index contributed by atoms with van der Waals surface area (Å²) < 4.78 is 31.2. The molecule has 0 aliphatic carbocycles. The Morgan fingerprint density at radius 2 is 1.96 bits per heavy atom. The average molecular weight is 360 g/mol. The van der Waals surface area contributed by atoms with Crippen LogP contribution in [0.15, 0.2) is 41.7 Å². The largest absolute Gasteiger partial charge is 0.328 e. The Hall–Kier alpha value is -2.52. The standard InChI is InChI=1S/C16H20N6O2S/c1-12-15(13(2)21(3)20-12)25(23,24)19-9-11-22-10-8-18-16(22)14-6-4-5-7-17-14/h4-8,10,19H,9,11H2,1-3H3. The third-order valence-electron chi connectivity index (χ3n) is 3.97. The van der Waals surface area contributed by atoms with E-state index in [1.807, 2.05) is 22.8 Å². The van der Waals surface area contributed by atoms with Gasteiger partial charge in [-0.2, -0.15) is 5.10 Å². The van der Waals surface area contributed by atoms with E-state index in [0.717, 1.165) is 5.69 Å². The molecule has 0 amide bonds. The van der Waals surface area contributed by atoms with Crippen LogP contribution in [0, 0.1) is 13.8 Å². The number of hydrogen-bond acceptors (Lipinski definition) is 5. The molecule has 3 aromatic heterocycles. The molecule has 3 heterocycles. The minimum atomic E-state index is -3.61. The van der Waals surface area contributed by atoms with E-state index in [-0.39, 0.29) is 11.4 Å². The van der Waals surface area contributed by atoms with Gasteiger partial charge in [0.05, 0.1) is 11.4 Å². The molecule has 0 fully saturated rings. The van der Waals surface area contributed by atoms with Crippen LogP contribution in [0.3, 0.4) is 0 Å². The van der Waals surface area contributed by atoms with Gasteiger partial charge >= 0.3 is 0 Å². The van der Waals surface area contributed by atoms with E-state index in [0.29, 0.717) is 23.8 Å². The number of rotatable bonds is 6. The van der Waals surface area contributed by atoms with Gasteiger partial charge in [-0.05, 0) is 26.0 Å². The van der Waals surface area contributed by atoms with Gasteiger partial charge in [0.1, 0.15) is 10.6 Å². The number of aryl methyl sites for hydroxylation is 2. The highest BCUT2D eigenvalue weighted by Crippen LogP contribution is 2.18. The van der Waals surface area contributed by atoms with Crippen LogP contribution < -0.4 is 4.72 Å². The average Bonchev–Trinajstić information content (AvgIpc) is 3.13. The lowest BCUT2D eigenvalue weighted by Gasteiger charge is -2.10. The normalized spacial score (nSPS) is 11.8. The van der Waals surface area contributed by atoms with Gasteiger partial charge < -0.3 is 4.57 Å². The van der Waals surface area contributed by atoms with Gasteiger partial charge in [-0.1, -0.05) is 6.07 Å². The zero-order valence-electron chi connectivity index (χ0n) is 14.3. The van der Waals surface area contributed by atoms with Crippen LogP contribution in [0.25, 0.3) is 11.5 Å². The first-order valence-corrected chi connectivity index (χ1v) is 9.31. The number of nitrogens with one attached hydrogen (secondary N) is 1. The summed E-state index contributed by atoms with van der Waals surface area (Å²) in [5.41, 5.74) is 1.85.